The van der Waals surface area contributed by atoms with Crippen molar-refractivity contribution in [2.45, 2.75) is 10.1 Å². The van der Waals surface area contributed by atoms with Crippen molar-refractivity contribution < 1.29 is 14.7 Å². The van der Waals surface area contributed by atoms with Gasteiger partial charge in [0.05, 0.1) is 5.56 Å². The van der Waals surface area contributed by atoms with Crippen molar-refractivity contribution in [3.63, 3.8) is 0 Å². The van der Waals surface area contributed by atoms with Gasteiger partial charge in [-0.05, 0) is 36.0 Å². The molecule has 0 atom stereocenters. The van der Waals surface area contributed by atoms with Crippen LogP contribution in [-0.2, 0) is 0 Å². The molecule has 0 bridgehead atoms. The first-order chi connectivity index (χ1) is 9.99. The molecular formula is C13H12N4O3S. The maximum atomic E-state index is 11.7. The molecule has 0 aliphatic heterocycles. The quantitative estimate of drug-likeness (QED) is 0.912. The van der Waals surface area contributed by atoms with E-state index >= 15 is 0 Å². The molecule has 2 aromatic heterocycles. The zero-order valence-electron chi connectivity index (χ0n) is 11.3. The van der Waals surface area contributed by atoms with Crippen LogP contribution in [-0.4, -0.2) is 51.2 Å². The maximum Gasteiger partial charge on any atom is 0.338 e. The van der Waals surface area contributed by atoms with E-state index in [1.807, 2.05) is 0 Å². The molecule has 7 nitrogen and oxygen atoms in total. The van der Waals surface area contributed by atoms with Crippen molar-refractivity contribution in [1.82, 2.24) is 20.1 Å². The van der Waals surface area contributed by atoms with Gasteiger partial charge in [0.1, 0.15) is 10.1 Å². The summed E-state index contributed by atoms with van der Waals surface area (Å²) in [5, 5.41) is 17.6. The number of aromatic nitrogens is 3. The molecule has 0 aliphatic carbocycles. The van der Waals surface area contributed by atoms with E-state index < -0.39 is 5.97 Å². The van der Waals surface area contributed by atoms with Crippen LogP contribution in [0.2, 0.25) is 0 Å². The van der Waals surface area contributed by atoms with E-state index in [1.54, 1.807) is 32.3 Å². The number of carboxylic acid groups (broad SMARTS) is 1. The number of aromatic carboxylic acids is 1. The number of hydrogen-bond acceptors (Lipinski definition) is 6. The summed E-state index contributed by atoms with van der Waals surface area (Å²) in [6, 6.07) is 6.17. The average molecular weight is 304 g/mol. The van der Waals surface area contributed by atoms with E-state index in [-0.39, 0.29) is 17.2 Å². The second-order valence-corrected chi connectivity index (χ2v) is 5.23. The Kier molecular flexibility index (Phi) is 4.49. The molecule has 8 heteroatoms. The zero-order chi connectivity index (χ0) is 15.4. The van der Waals surface area contributed by atoms with E-state index in [9.17, 15) is 9.59 Å². The first-order valence-corrected chi connectivity index (χ1v) is 6.72. The molecule has 1 N–H and O–H groups in total. The molecule has 21 heavy (non-hydrogen) atoms. The Morgan fingerprint density at radius 3 is 2.52 bits per heavy atom. The Bertz CT molecular complexity index is 673. The van der Waals surface area contributed by atoms with Gasteiger partial charge < -0.3 is 10.0 Å². The molecule has 0 fully saturated rings. The van der Waals surface area contributed by atoms with Crippen molar-refractivity contribution in [2.75, 3.05) is 14.1 Å². The molecule has 0 saturated heterocycles. The highest BCUT2D eigenvalue weighted by Crippen LogP contribution is 2.26. The number of carbonyl (C=O) groups excluding carboxylic acids is 1. The fourth-order valence-corrected chi connectivity index (χ4v) is 2.25. The van der Waals surface area contributed by atoms with Gasteiger partial charge in [0.2, 0.25) is 0 Å². The molecule has 0 spiro atoms. The van der Waals surface area contributed by atoms with E-state index in [4.69, 9.17) is 5.11 Å². The van der Waals surface area contributed by atoms with Gasteiger partial charge >= 0.3 is 5.97 Å². The van der Waals surface area contributed by atoms with Crippen LogP contribution in [0.3, 0.4) is 0 Å². The molecule has 2 rings (SSSR count). The standard InChI is InChI=1S/C13H12N4O3S/c1-17(2)12(18)9-5-6-10(16-15-9)21-11-8(13(19)20)4-3-7-14-11/h3-7H,1-2H3,(H,19,20). The summed E-state index contributed by atoms with van der Waals surface area (Å²) in [4.78, 5) is 28.2. The summed E-state index contributed by atoms with van der Waals surface area (Å²) >= 11 is 1.08. The second kappa shape index (κ2) is 6.31. The van der Waals surface area contributed by atoms with Crippen LogP contribution >= 0.6 is 11.8 Å². The summed E-state index contributed by atoms with van der Waals surface area (Å²) in [6.07, 6.45) is 1.51. The minimum atomic E-state index is -1.06. The van der Waals surface area contributed by atoms with Crippen molar-refractivity contribution >= 4 is 23.6 Å². The van der Waals surface area contributed by atoms with Crippen LogP contribution in [0.4, 0.5) is 0 Å². The van der Waals surface area contributed by atoms with Crippen LogP contribution in [0.15, 0.2) is 40.5 Å². The Morgan fingerprint density at radius 1 is 1.19 bits per heavy atom. The third-order valence-electron chi connectivity index (χ3n) is 2.47. The van der Waals surface area contributed by atoms with Crippen LogP contribution in [0.5, 0.6) is 0 Å². The topological polar surface area (TPSA) is 96.3 Å². The number of nitrogens with zero attached hydrogens (tertiary/aromatic N) is 4. The Labute approximate surface area is 125 Å². The minimum absolute atomic E-state index is 0.0951. The van der Waals surface area contributed by atoms with E-state index in [0.717, 1.165) is 11.8 Å². The predicted octanol–water partition coefficient (Wildman–Crippen LogP) is 1.42. The molecule has 0 radical (unpaired) electrons. The lowest BCUT2D eigenvalue weighted by atomic mass is 10.3. The van der Waals surface area contributed by atoms with Gasteiger partial charge in [0.25, 0.3) is 5.91 Å². The van der Waals surface area contributed by atoms with Gasteiger partial charge in [-0.2, -0.15) is 0 Å². The lowest BCUT2D eigenvalue weighted by Gasteiger charge is -2.08. The smallest absolute Gasteiger partial charge is 0.338 e. The minimum Gasteiger partial charge on any atom is -0.478 e. The van der Waals surface area contributed by atoms with Crippen molar-refractivity contribution in [1.29, 1.82) is 0 Å². The van der Waals surface area contributed by atoms with Gasteiger partial charge in [-0.3, -0.25) is 4.79 Å². The fourth-order valence-electron chi connectivity index (χ4n) is 1.45. The third-order valence-corrected chi connectivity index (χ3v) is 3.41. The van der Waals surface area contributed by atoms with Crippen LogP contribution in [0.25, 0.3) is 0 Å². The number of hydrogen-bond donors (Lipinski definition) is 1. The molecule has 0 saturated carbocycles. The highest BCUT2D eigenvalue weighted by atomic mass is 32.2. The van der Waals surface area contributed by atoms with E-state index in [1.165, 1.54) is 17.2 Å². The summed E-state index contributed by atoms with van der Waals surface area (Å²) < 4.78 is 0. The third kappa shape index (κ3) is 3.54. The number of rotatable bonds is 4. The summed E-state index contributed by atoms with van der Waals surface area (Å²) in [5.41, 5.74) is 0.321. The number of carboxylic acids is 1. The molecule has 0 aliphatic rings. The Hall–Kier alpha value is -2.48. The largest absolute Gasteiger partial charge is 0.478 e. The highest BCUT2D eigenvalue weighted by Gasteiger charge is 2.14. The lowest BCUT2D eigenvalue weighted by molar-refractivity contribution is 0.0691. The highest BCUT2D eigenvalue weighted by molar-refractivity contribution is 7.99. The first-order valence-electron chi connectivity index (χ1n) is 5.90. The molecular weight excluding hydrogens is 292 g/mol. The molecule has 108 valence electrons. The second-order valence-electron chi connectivity index (χ2n) is 4.22. The summed E-state index contributed by atoms with van der Waals surface area (Å²) in [6.45, 7) is 0. The normalized spacial score (nSPS) is 10.2. The van der Waals surface area contributed by atoms with E-state index in [0.29, 0.717) is 10.1 Å². The van der Waals surface area contributed by atoms with Crippen molar-refractivity contribution in [3.05, 3.63) is 41.7 Å². The van der Waals surface area contributed by atoms with E-state index in [2.05, 4.69) is 15.2 Å². The number of carbonyl (C=O) groups is 2. The molecule has 0 aromatic carbocycles. The zero-order valence-corrected chi connectivity index (χ0v) is 12.2. The predicted molar refractivity (Wildman–Crippen MR) is 75.4 cm³/mol. The average Bonchev–Trinajstić information content (AvgIpc) is 2.47. The molecule has 1 amide bonds. The van der Waals surface area contributed by atoms with Gasteiger partial charge in [-0.25, -0.2) is 9.78 Å². The van der Waals surface area contributed by atoms with Crippen molar-refractivity contribution in [2.24, 2.45) is 0 Å². The first kappa shape index (κ1) is 14.9. The summed E-state index contributed by atoms with van der Waals surface area (Å²) in [7, 11) is 3.25. The summed E-state index contributed by atoms with van der Waals surface area (Å²) in [5.74, 6) is -1.30. The van der Waals surface area contributed by atoms with Gasteiger partial charge in [0, 0.05) is 20.3 Å². The van der Waals surface area contributed by atoms with Gasteiger partial charge in [0.15, 0.2) is 5.69 Å². The maximum absolute atomic E-state index is 11.7. The number of amides is 1. The van der Waals surface area contributed by atoms with Gasteiger partial charge in [-0.1, -0.05) is 0 Å². The lowest BCUT2D eigenvalue weighted by Crippen LogP contribution is -2.23. The van der Waals surface area contributed by atoms with Crippen LogP contribution in [0, 0.1) is 0 Å². The van der Waals surface area contributed by atoms with Gasteiger partial charge in [-0.15, -0.1) is 10.2 Å². The molecule has 0 unspecified atom stereocenters. The fraction of sp³-hybridized carbons (Fsp3) is 0.154. The SMILES string of the molecule is CN(C)C(=O)c1ccc(Sc2ncccc2C(=O)O)nn1. The van der Waals surface area contributed by atoms with Crippen molar-refractivity contribution in [3.8, 4) is 0 Å². The Balaban J connectivity index is 2.22. The molecule has 2 heterocycles. The number of pyridine rings is 1. The van der Waals surface area contributed by atoms with Crippen LogP contribution < -0.4 is 0 Å². The Morgan fingerprint density at radius 2 is 1.95 bits per heavy atom. The van der Waals surface area contributed by atoms with Crippen LogP contribution in [0.1, 0.15) is 20.8 Å². The molecule has 2 aromatic rings. The monoisotopic (exact) mass is 304 g/mol.